The number of imidazole rings is 1. The zero-order chi connectivity index (χ0) is 18.7. The van der Waals surface area contributed by atoms with Crippen molar-refractivity contribution in [3.05, 3.63) is 30.6 Å². The van der Waals surface area contributed by atoms with Gasteiger partial charge in [0.05, 0.1) is 23.1 Å². The molecule has 1 N–H and O–H groups in total. The number of likely N-dealkylation sites (tertiary alicyclic amines) is 1. The smallest absolute Gasteiger partial charge is 0.245 e. The number of nitrogens with one attached hydrogen (secondary N) is 1. The monoisotopic (exact) mass is 378 g/mol. The molecule has 1 aromatic carbocycles. The summed E-state index contributed by atoms with van der Waals surface area (Å²) in [4.78, 5) is 19.0. The second-order valence-corrected chi connectivity index (χ2v) is 8.73. The first-order valence-corrected chi connectivity index (χ1v) is 10.8. The number of amides is 1. The standard InChI is InChI=1S/C18H26N4O3S/c1-3-12-26(24,25)20-15-8-10-21(11-9-15)18(23)14(2)22-13-19-16-6-4-5-7-17(16)22/h4-7,13-15,20H,3,8-12H2,1-2H3/t14-/m0/s1. The van der Waals surface area contributed by atoms with Crippen molar-refractivity contribution >= 4 is 27.0 Å². The Hall–Kier alpha value is -1.93. The molecule has 0 bridgehead atoms. The van der Waals surface area contributed by atoms with Gasteiger partial charge < -0.3 is 9.47 Å². The van der Waals surface area contributed by atoms with Crippen molar-refractivity contribution in [2.45, 2.75) is 45.2 Å². The van der Waals surface area contributed by atoms with Gasteiger partial charge in [0.15, 0.2) is 0 Å². The van der Waals surface area contributed by atoms with Crippen molar-refractivity contribution < 1.29 is 13.2 Å². The number of para-hydroxylation sites is 2. The number of hydrogen-bond acceptors (Lipinski definition) is 4. The third-order valence-electron chi connectivity index (χ3n) is 4.88. The molecule has 1 atom stereocenters. The zero-order valence-electron chi connectivity index (χ0n) is 15.3. The molecule has 1 fully saturated rings. The van der Waals surface area contributed by atoms with Crippen LogP contribution in [0.2, 0.25) is 0 Å². The van der Waals surface area contributed by atoms with Gasteiger partial charge in [0, 0.05) is 19.1 Å². The van der Waals surface area contributed by atoms with Gasteiger partial charge in [-0.2, -0.15) is 0 Å². The number of aromatic nitrogens is 2. The minimum absolute atomic E-state index is 0.0445. The van der Waals surface area contributed by atoms with Gasteiger partial charge in [0.1, 0.15) is 6.04 Å². The number of carbonyl (C=O) groups is 1. The first-order valence-electron chi connectivity index (χ1n) is 9.11. The Morgan fingerprint density at radius 1 is 1.31 bits per heavy atom. The van der Waals surface area contributed by atoms with E-state index in [9.17, 15) is 13.2 Å². The lowest BCUT2D eigenvalue weighted by atomic mass is 10.1. The average molecular weight is 378 g/mol. The number of hydrogen-bond donors (Lipinski definition) is 1. The fraction of sp³-hybridized carbons (Fsp3) is 0.556. The molecule has 1 aliphatic heterocycles. The average Bonchev–Trinajstić information content (AvgIpc) is 3.05. The second-order valence-electron chi connectivity index (χ2n) is 6.85. The quantitative estimate of drug-likeness (QED) is 0.832. The minimum Gasteiger partial charge on any atom is -0.341 e. The number of nitrogens with zero attached hydrogens (tertiary/aromatic N) is 3. The van der Waals surface area contributed by atoms with Crippen molar-refractivity contribution in [1.82, 2.24) is 19.2 Å². The summed E-state index contributed by atoms with van der Waals surface area (Å²) in [5.41, 5.74) is 1.81. The van der Waals surface area contributed by atoms with Crippen molar-refractivity contribution in [2.75, 3.05) is 18.8 Å². The van der Waals surface area contributed by atoms with E-state index in [-0.39, 0.29) is 23.7 Å². The normalized spacial score (nSPS) is 17.5. The number of sulfonamides is 1. The Morgan fingerprint density at radius 3 is 2.69 bits per heavy atom. The summed E-state index contributed by atoms with van der Waals surface area (Å²) < 4.78 is 28.5. The first-order chi connectivity index (χ1) is 12.4. The molecule has 1 aliphatic rings. The third-order valence-corrected chi connectivity index (χ3v) is 6.52. The number of benzene rings is 1. The lowest BCUT2D eigenvalue weighted by molar-refractivity contribution is -0.135. The zero-order valence-corrected chi connectivity index (χ0v) is 16.1. The van der Waals surface area contributed by atoms with E-state index in [0.29, 0.717) is 32.4 Å². The molecule has 0 saturated carbocycles. The van der Waals surface area contributed by atoms with Crippen LogP contribution in [0, 0.1) is 0 Å². The molecule has 1 aromatic heterocycles. The molecule has 2 aromatic rings. The molecule has 7 nitrogen and oxygen atoms in total. The van der Waals surface area contributed by atoms with Crippen LogP contribution < -0.4 is 4.72 Å². The van der Waals surface area contributed by atoms with E-state index >= 15 is 0 Å². The predicted octanol–water partition coefficient (Wildman–Crippen LogP) is 1.92. The van der Waals surface area contributed by atoms with Gasteiger partial charge in [-0.1, -0.05) is 19.1 Å². The van der Waals surface area contributed by atoms with Crippen LogP contribution in [-0.2, 0) is 14.8 Å². The summed E-state index contributed by atoms with van der Waals surface area (Å²) in [7, 11) is -3.21. The van der Waals surface area contributed by atoms with Crippen molar-refractivity contribution in [3.63, 3.8) is 0 Å². The van der Waals surface area contributed by atoms with Gasteiger partial charge in [-0.25, -0.2) is 18.1 Å². The lowest BCUT2D eigenvalue weighted by Gasteiger charge is -2.34. The van der Waals surface area contributed by atoms with Crippen molar-refractivity contribution in [2.24, 2.45) is 0 Å². The lowest BCUT2D eigenvalue weighted by Crippen LogP contribution is -2.48. The predicted molar refractivity (Wildman–Crippen MR) is 101 cm³/mol. The van der Waals surface area contributed by atoms with Crippen LogP contribution >= 0.6 is 0 Å². The van der Waals surface area contributed by atoms with Crippen LogP contribution in [0.25, 0.3) is 11.0 Å². The van der Waals surface area contributed by atoms with E-state index < -0.39 is 10.0 Å². The van der Waals surface area contributed by atoms with E-state index in [4.69, 9.17) is 0 Å². The highest BCUT2D eigenvalue weighted by Gasteiger charge is 2.29. The van der Waals surface area contributed by atoms with Crippen LogP contribution in [0.5, 0.6) is 0 Å². The highest BCUT2D eigenvalue weighted by Crippen LogP contribution is 2.21. The van der Waals surface area contributed by atoms with Gasteiger partial charge in [-0.15, -0.1) is 0 Å². The van der Waals surface area contributed by atoms with Crippen LogP contribution in [-0.4, -0.2) is 53.7 Å². The Kier molecular flexibility index (Phi) is 5.62. The summed E-state index contributed by atoms with van der Waals surface area (Å²) in [5, 5.41) is 0. The topological polar surface area (TPSA) is 84.3 Å². The molecular weight excluding hydrogens is 352 g/mol. The maximum absolute atomic E-state index is 12.9. The summed E-state index contributed by atoms with van der Waals surface area (Å²) in [6.07, 6.45) is 3.60. The van der Waals surface area contributed by atoms with Gasteiger partial charge >= 0.3 is 0 Å². The molecular formula is C18H26N4O3S. The van der Waals surface area contributed by atoms with E-state index in [1.54, 1.807) is 6.33 Å². The second kappa shape index (κ2) is 7.75. The van der Waals surface area contributed by atoms with Crippen LogP contribution in [0.4, 0.5) is 0 Å². The molecule has 1 amide bonds. The fourth-order valence-corrected chi connectivity index (χ4v) is 4.87. The largest absolute Gasteiger partial charge is 0.341 e. The van der Waals surface area contributed by atoms with E-state index in [1.807, 2.05) is 47.6 Å². The Morgan fingerprint density at radius 2 is 2.00 bits per heavy atom. The van der Waals surface area contributed by atoms with Gasteiger partial charge in [-0.3, -0.25) is 4.79 Å². The highest BCUT2D eigenvalue weighted by molar-refractivity contribution is 7.89. The molecule has 1 saturated heterocycles. The van der Waals surface area contributed by atoms with Crippen LogP contribution in [0.15, 0.2) is 30.6 Å². The molecule has 8 heteroatoms. The Labute approximate surface area is 154 Å². The third kappa shape index (κ3) is 4.07. The first kappa shape index (κ1) is 18.8. The van der Waals surface area contributed by atoms with Gasteiger partial charge in [0.25, 0.3) is 0 Å². The van der Waals surface area contributed by atoms with Gasteiger partial charge in [0.2, 0.25) is 15.9 Å². The van der Waals surface area contributed by atoms with Crippen LogP contribution in [0.1, 0.15) is 39.2 Å². The minimum atomic E-state index is -3.21. The molecule has 0 radical (unpaired) electrons. The van der Waals surface area contributed by atoms with Gasteiger partial charge in [-0.05, 0) is 38.3 Å². The molecule has 2 heterocycles. The van der Waals surface area contributed by atoms with E-state index in [0.717, 1.165) is 11.0 Å². The van der Waals surface area contributed by atoms with Crippen molar-refractivity contribution in [3.8, 4) is 0 Å². The number of carbonyl (C=O) groups excluding carboxylic acids is 1. The maximum Gasteiger partial charge on any atom is 0.245 e. The Bertz CT molecular complexity index is 869. The highest BCUT2D eigenvalue weighted by atomic mass is 32.2. The molecule has 0 aliphatic carbocycles. The van der Waals surface area contributed by atoms with Crippen LogP contribution in [0.3, 0.4) is 0 Å². The maximum atomic E-state index is 12.9. The summed E-state index contributed by atoms with van der Waals surface area (Å²) in [6.45, 7) is 4.86. The number of fused-ring (bicyclic) bond motifs is 1. The molecule has 0 spiro atoms. The molecule has 26 heavy (non-hydrogen) atoms. The molecule has 3 rings (SSSR count). The van der Waals surface area contributed by atoms with E-state index in [2.05, 4.69) is 9.71 Å². The molecule has 142 valence electrons. The summed E-state index contributed by atoms with van der Waals surface area (Å²) >= 11 is 0. The summed E-state index contributed by atoms with van der Waals surface area (Å²) in [5.74, 6) is 0.194. The van der Waals surface area contributed by atoms with Crippen molar-refractivity contribution in [1.29, 1.82) is 0 Å². The SMILES string of the molecule is CCCS(=O)(=O)NC1CCN(C(=O)[C@H](C)n2cnc3ccccc32)CC1. The fourth-order valence-electron chi connectivity index (χ4n) is 3.47. The van der Waals surface area contributed by atoms with E-state index in [1.165, 1.54) is 0 Å². The summed E-state index contributed by atoms with van der Waals surface area (Å²) in [6, 6.07) is 7.33. The number of rotatable bonds is 6. The Balaban J connectivity index is 1.61. The number of piperidine rings is 1. The molecule has 0 unspecified atom stereocenters.